The zero-order valence-corrected chi connectivity index (χ0v) is 9.45. The van der Waals surface area contributed by atoms with E-state index in [0.717, 1.165) is 19.3 Å². The number of carboxylic acid groups (broad SMARTS) is 2. The molecule has 0 aromatic rings. The lowest BCUT2D eigenvalue weighted by Crippen LogP contribution is -2.33. The molecule has 1 atom stereocenters. The van der Waals surface area contributed by atoms with Crippen molar-refractivity contribution in [3.05, 3.63) is 0 Å². The summed E-state index contributed by atoms with van der Waals surface area (Å²) in [5.74, 6) is -2.01. The number of carbonyl (C=O) groups is 2. The number of unbranched alkanes of at least 4 members (excludes halogenated alkanes) is 2. The molecule has 0 aliphatic carbocycles. The molecule has 0 amide bonds. The van der Waals surface area contributed by atoms with Crippen LogP contribution in [0.25, 0.3) is 0 Å². The third-order valence-electron chi connectivity index (χ3n) is 2.88. The quantitative estimate of drug-likeness (QED) is 0.611. The monoisotopic (exact) mass is 216 g/mol. The van der Waals surface area contributed by atoms with Crippen LogP contribution in [0.4, 0.5) is 0 Å². The molecule has 15 heavy (non-hydrogen) atoms. The summed E-state index contributed by atoms with van der Waals surface area (Å²) in [4.78, 5) is 21.8. The molecule has 4 heteroatoms. The Morgan fingerprint density at radius 1 is 1.13 bits per heavy atom. The molecular formula is C11H20O4. The molecule has 4 nitrogen and oxygen atoms in total. The van der Waals surface area contributed by atoms with Gasteiger partial charge in [-0.05, 0) is 12.8 Å². The second-order valence-electron chi connectivity index (χ2n) is 3.97. The van der Waals surface area contributed by atoms with Gasteiger partial charge in [0.1, 0.15) is 0 Å². The minimum atomic E-state index is -1.07. The standard InChI is InChI=1S/C11H20O4/c1-3-5-6-7-11(4-2,10(14)15)8-9(12)13/h3-8H2,1-2H3,(H,12,13)(H,14,15). The molecule has 0 aliphatic heterocycles. The van der Waals surface area contributed by atoms with Gasteiger partial charge in [-0.15, -0.1) is 0 Å². The van der Waals surface area contributed by atoms with Crippen LogP contribution in [-0.4, -0.2) is 22.2 Å². The van der Waals surface area contributed by atoms with Crippen molar-refractivity contribution in [1.29, 1.82) is 0 Å². The average Bonchev–Trinajstić information content (AvgIpc) is 2.15. The third kappa shape index (κ3) is 4.32. The summed E-state index contributed by atoms with van der Waals surface area (Å²) in [7, 11) is 0. The zero-order chi connectivity index (χ0) is 11.9. The van der Waals surface area contributed by atoms with Gasteiger partial charge in [0, 0.05) is 0 Å². The highest BCUT2D eigenvalue weighted by Gasteiger charge is 2.38. The van der Waals surface area contributed by atoms with Crippen LogP contribution >= 0.6 is 0 Å². The van der Waals surface area contributed by atoms with Gasteiger partial charge in [0.25, 0.3) is 0 Å². The molecule has 0 heterocycles. The zero-order valence-electron chi connectivity index (χ0n) is 9.45. The lowest BCUT2D eigenvalue weighted by molar-refractivity contribution is -0.156. The van der Waals surface area contributed by atoms with Crippen molar-refractivity contribution in [2.24, 2.45) is 5.41 Å². The normalized spacial score (nSPS) is 14.5. The largest absolute Gasteiger partial charge is 0.481 e. The van der Waals surface area contributed by atoms with Crippen LogP contribution in [0.1, 0.15) is 52.4 Å². The smallest absolute Gasteiger partial charge is 0.310 e. The topological polar surface area (TPSA) is 74.6 Å². The fraction of sp³-hybridized carbons (Fsp3) is 0.818. The van der Waals surface area contributed by atoms with E-state index in [0.29, 0.717) is 12.8 Å². The highest BCUT2D eigenvalue weighted by molar-refractivity contribution is 5.81. The maximum atomic E-state index is 11.1. The van der Waals surface area contributed by atoms with Gasteiger partial charge in [0.2, 0.25) is 0 Å². The van der Waals surface area contributed by atoms with Crippen LogP contribution in [0.15, 0.2) is 0 Å². The summed E-state index contributed by atoms with van der Waals surface area (Å²) in [5.41, 5.74) is -1.07. The Balaban J connectivity index is 4.51. The summed E-state index contributed by atoms with van der Waals surface area (Å²) in [6.45, 7) is 3.77. The van der Waals surface area contributed by atoms with Crippen molar-refractivity contribution in [2.45, 2.75) is 52.4 Å². The molecule has 0 aromatic carbocycles. The Kier molecular flexibility index (Phi) is 5.97. The van der Waals surface area contributed by atoms with Gasteiger partial charge in [0.15, 0.2) is 0 Å². The van der Waals surface area contributed by atoms with Crippen molar-refractivity contribution in [1.82, 2.24) is 0 Å². The van der Waals surface area contributed by atoms with E-state index < -0.39 is 17.4 Å². The average molecular weight is 216 g/mol. The Labute approximate surface area is 90.3 Å². The molecule has 0 radical (unpaired) electrons. The second kappa shape index (κ2) is 6.43. The lowest BCUT2D eigenvalue weighted by Gasteiger charge is -2.26. The van der Waals surface area contributed by atoms with E-state index in [1.807, 2.05) is 6.92 Å². The van der Waals surface area contributed by atoms with Crippen molar-refractivity contribution in [3.63, 3.8) is 0 Å². The predicted octanol–water partition coefficient (Wildman–Crippen LogP) is 2.52. The summed E-state index contributed by atoms with van der Waals surface area (Å²) < 4.78 is 0. The van der Waals surface area contributed by atoms with Gasteiger partial charge in [-0.2, -0.15) is 0 Å². The van der Waals surface area contributed by atoms with E-state index in [2.05, 4.69) is 0 Å². The molecule has 0 saturated carbocycles. The molecule has 0 saturated heterocycles. The Hall–Kier alpha value is -1.06. The maximum Gasteiger partial charge on any atom is 0.310 e. The Morgan fingerprint density at radius 2 is 1.73 bits per heavy atom. The highest BCUT2D eigenvalue weighted by atomic mass is 16.4. The molecule has 0 fully saturated rings. The first-order valence-electron chi connectivity index (χ1n) is 5.43. The lowest BCUT2D eigenvalue weighted by atomic mass is 9.77. The van der Waals surface area contributed by atoms with Gasteiger partial charge >= 0.3 is 11.9 Å². The minimum Gasteiger partial charge on any atom is -0.481 e. The summed E-state index contributed by atoms with van der Waals surface area (Å²) in [6, 6.07) is 0. The molecule has 0 aliphatic rings. The predicted molar refractivity (Wildman–Crippen MR) is 56.8 cm³/mol. The van der Waals surface area contributed by atoms with Gasteiger partial charge in [-0.25, -0.2) is 0 Å². The fourth-order valence-corrected chi connectivity index (χ4v) is 1.73. The molecule has 0 bridgehead atoms. The minimum absolute atomic E-state index is 0.275. The molecule has 0 spiro atoms. The first-order chi connectivity index (χ1) is 6.98. The van der Waals surface area contributed by atoms with Crippen molar-refractivity contribution < 1.29 is 19.8 Å². The van der Waals surface area contributed by atoms with Crippen molar-refractivity contribution in [2.75, 3.05) is 0 Å². The fourth-order valence-electron chi connectivity index (χ4n) is 1.73. The van der Waals surface area contributed by atoms with Gasteiger partial charge < -0.3 is 10.2 Å². The highest BCUT2D eigenvalue weighted by Crippen LogP contribution is 2.33. The van der Waals surface area contributed by atoms with Crippen LogP contribution in [0.5, 0.6) is 0 Å². The third-order valence-corrected chi connectivity index (χ3v) is 2.88. The van der Waals surface area contributed by atoms with Gasteiger partial charge in [-0.1, -0.05) is 33.1 Å². The van der Waals surface area contributed by atoms with Crippen LogP contribution in [0, 0.1) is 5.41 Å². The number of hydrogen-bond donors (Lipinski definition) is 2. The van der Waals surface area contributed by atoms with Gasteiger partial charge in [0.05, 0.1) is 11.8 Å². The van der Waals surface area contributed by atoms with Crippen molar-refractivity contribution in [3.8, 4) is 0 Å². The first kappa shape index (κ1) is 13.9. The summed E-state index contributed by atoms with van der Waals surface area (Å²) in [6.07, 6.45) is 3.30. The van der Waals surface area contributed by atoms with Crippen LogP contribution in [0.3, 0.4) is 0 Å². The summed E-state index contributed by atoms with van der Waals surface area (Å²) in [5, 5.41) is 17.8. The van der Waals surface area contributed by atoms with Crippen LogP contribution in [0.2, 0.25) is 0 Å². The number of hydrogen-bond acceptors (Lipinski definition) is 2. The second-order valence-corrected chi connectivity index (χ2v) is 3.97. The van der Waals surface area contributed by atoms with E-state index in [-0.39, 0.29) is 6.42 Å². The first-order valence-corrected chi connectivity index (χ1v) is 5.43. The van der Waals surface area contributed by atoms with E-state index in [4.69, 9.17) is 10.2 Å². The number of rotatable bonds is 8. The van der Waals surface area contributed by atoms with E-state index >= 15 is 0 Å². The van der Waals surface area contributed by atoms with Crippen molar-refractivity contribution >= 4 is 11.9 Å². The molecule has 0 aromatic heterocycles. The maximum absolute atomic E-state index is 11.1. The Bertz CT molecular complexity index is 225. The van der Waals surface area contributed by atoms with E-state index in [1.165, 1.54) is 0 Å². The molecule has 1 unspecified atom stereocenters. The summed E-state index contributed by atoms with van der Waals surface area (Å²) >= 11 is 0. The van der Waals surface area contributed by atoms with Crippen LogP contribution < -0.4 is 0 Å². The molecule has 2 N–H and O–H groups in total. The SMILES string of the molecule is CCCCCC(CC)(CC(=O)O)C(=O)O. The van der Waals surface area contributed by atoms with E-state index in [9.17, 15) is 9.59 Å². The Morgan fingerprint density at radius 3 is 2.07 bits per heavy atom. The molecule has 88 valence electrons. The number of aliphatic carboxylic acids is 2. The molecular weight excluding hydrogens is 196 g/mol. The number of carboxylic acids is 2. The molecule has 0 rings (SSSR count). The van der Waals surface area contributed by atoms with Crippen LogP contribution in [-0.2, 0) is 9.59 Å². The van der Waals surface area contributed by atoms with E-state index in [1.54, 1.807) is 6.92 Å². The van der Waals surface area contributed by atoms with Gasteiger partial charge in [-0.3, -0.25) is 9.59 Å².